The first-order chi connectivity index (χ1) is 12.3. The Balaban J connectivity index is 1.36. The van der Waals surface area contributed by atoms with Gasteiger partial charge in [-0.1, -0.05) is 0 Å². The largest absolute Gasteiger partial charge is 0.353 e. The number of anilines is 2. The number of amides is 1. The number of thiophene rings is 1. The fourth-order valence-corrected chi connectivity index (χ4v) is 4.60. The van der Waals surface area contributed by atoms with Crippen LogP contribution in [-0.2, 0) is 4.79 Å². The van der Waals surface area contributed by atoms with Crippen molar-refractivity contribution >= 4 is 39.0 Å². The van der Waals surface area contributed by atoms with E-state index in [1.54, 1.807) is 17.7 Å². The van der Waals surface area contributed by atoms with Crippen molar-refractivity contribution in [1.82, 2.24) is 19.7 Å². The average molecular weight is 354 g/mol. The topological polar surface area (TPSA) is 67.2 Å². The molecule has 0 spiro atoms. The Morgan fingerprint density at radius 3 is 3.08 bits per heavy atom. The van der Waals surface area contributed by atoms with Gasteiger partial charge < -0.3 is 9.80 Å². The molecule has 3 aromatic heterocycles. The van der Waals surface area contributed by atoms with Crippen LogP contribution in [0.5, 0.6) is 0 Å². The van der Waals surface area contributed by atoms with E-state index in [4.69, 9.17) is 0 Å². The zero-order chi connectivity index (χ0) is 16.8. The summed E-state index contributed by atoms with van der Waals surface area (Å²) >= 11 is 1.69. The van der Waals surface area contributed by atoms with Crippen LogP contribution in [-0.4, -0.2) is 45.3 Å². The molecule has 3 aromatic rings. The second-order valence-electron chi connectivity index (χ2n) is 6.55. The standard InChI is InChI=1S/C17H18N6OS/c24-15-2-1-5-22(15)13-8-20-23(10-13)12-3-6-21(9-12)17-16-14(4-7-25-16)18-11-19-17/h4,7-8,10-12H,1-3,5-6,9H2. The Kier molecular flexibility index (Phi) is 3.44. The number of hydrogen-bond acceptors (Lipinski definition) is 6. The highest BCUT2D eigenvalue weighted by Gasteiger charge is 2.28. The zero-order valence-electron chi connectivity index (χ0n) is 13.7. The van der Waals surface area contributed by atoms with Crippen LogP contribution < -0.4 is 9.80 Å². The molecule has 0 aromatic carbocycles. The molecule has 2 saturated heterocycles. The van der Waals surface area contributed by atoms with E-state index in [1.165, 1.54) is 0 Å². The molecule has 2 aliphatic rings. The maximum atomic E-state index is 11.9. The summed E-state index contributed by atoms with van der Waals surface area (Å²) in [4.78, 5) is 24.9. The molecule has 0 aliphatic carbocycles. The van der Waals surface area contributed by atoms with Gasteiger partial charge in [0.15, 0.2) is 0 Å². The van der Waals surface area contributed by atoms with Crippen molar-refractivity contribution in [2.45, 2.75) is 25.3 Å². The Morgan fingerprint density at radius 2 is 2.20 bits per heavy atom. The summed E-state index contributed by atoms with van der Waals surface area (Å²) in [5, 5.41) is 6.58. The van der Waals surface area contributed by atoms with Gasteiger partial charge >= 0.3 is 0 Å². The van der Waals surface area contributed by atoms with Crippen LogP contribution in [0, 0.1) is 0 Å². The average Bonchev–Trinajstić information content (AvgIpc) is 3.39. The molecule has 8 heteroatoms. The van der Waals surface area contributed by atoms with Crippen molar-refractivity contribution in [1.29, 1.82) is 0 Å². The molecule has 2 fully saturated rings. The van der Waals surface area contributed by atoms with E-state index >= 15 is 0 Å². The number of rotatable bonds is 3. The summed E-state index contributed by atoms with van der Waals surface area (Å²) < 4.78 is 3.15. The summed E-state index contributed by atoms with van der Waals surface area (Å²) in [6.07, 6.45) is 8.07. The molecule has 0 radical (unpaired) electrons. The molecule has 1 atom stereocenters. The second-order valence-corrected chi connectivity index (χ2v) is 7.46. The van der Waals surface area contributed by atoms with Crippen LogP contribution in [0.4, 0.5) is 11.5 Å². The maximum absolute atomic E-state index is 11.9. The molecule has 128 valence electrons. The number of hydrogen-bond donors (Lipinski definition) is 0. The molecule has 5 rings (SSSR count). The first-order valence-electron chi connectivity index (χ1n) is 8.57. The molecule has 1 amide bonds. The molecule has 0 N–H and O–H groups in total. The fourth-order valence-electron chi connectivity index (χ4n) is 3.74. The first-order valence-corrected chi connectivity index (χ1v) is 9.45. The van der Waals surface area contributed by atoms with Gasteiger partial charge in [0, 0.05) is 32.3 Å². The van der Waals surface area contributed by atoms with Crippen LogP contribution in [0.2, 0.25) is 0 Å². The van der Waals surface area contributed by atoms with Crippen molar-refractivity contribution < 1.29 is 4.79 Å². The number of carbonyl (C=O) groups excluding carboxylic acids is 1. The van der Waals surface area contributed by atoms with Crippen LogP contribution >= 0.6 is 11.3 Å². The van der Waals surface area contributed by atoms with Crippen LogP contribution in [0.1, 0.15) is 25.3 Å². The zero-order valence-corrected chi connectivity index (χ0v) is 14.5. The van der Waals surface area contributed by atoms with E-state index in [-0.39, 0.29) is 5.91 Å². The summed E-state index contributed by atoms with van der Waals surface area (Å²) in [5.41, 5.74) is 1.93. The third-order valence-electron chi connectivity index (χ3n) is 5.03. The Bertz CT molecular complexity index is 934. The van der Waals surface area contributed by atoms with Gasteiger partial charge in [0.05, 0.1) is 28.1 Å². The highest BCUT2D eigenvalue weighted by Crippen LogP contribution is 2.33. The van der Waals surface area contributed by atoms with Gasteiger partial charge in [-0.05, 0) is 24.3 Å². The molecule has 0 saturated carbocycles. The lowest BCUT2D eigenvalue weighted by atomic mass is 10.3. The minimum atomic E-state index is 0.202. The highest BCUT2D eigenvalue weighted by atomic mass is 32.1. The lowest BCUT2D eigenvalue weighted by Gasteiger charge is -2.18. The van der Waals surface area contributed by atoms with Crippen molar-refractivity contribution in [3.05, 3.63) is 30.2 Å². The number of carbonyl (C=O) groups is 1. The van der Waals surface area contributed by atoms with Crippen LogP contribution in [0.3, 0.4) is 0 Å². The predicted molar refractivity (Wildman–Crippen MR) is 97.1 cm³/mol. The van der Waals surface area contributed by atoms with E-state index < -0.39 is 0 Å². The maximum Gasteiger partial charge on any atom is 0.227 e. The minimum absolute atomic E-state index is 0.202. The summed E-state index contributed by atoms with van der Waals surface area (Å²) in [6.45, 7) is 2.63. The van der Waals surface area contributed by atoms with Gasteiger partial charge in [0.2, 0.25) is 5.91 Å². The molecule has 2 aliphatic heterocycles. The van der Waals surface area contributed by atoms with Gasteiger partial charge in [0.25, 0.3) is 0 Å². The van der Waals surface area contributed by atoms with Gasteiger partial charge in [-0.25, -0.2) is 9.97 Å². The highest BCUT2D eigenvalue weighted by molar-refractivity contribution is 7.17. The second kappa shape index (κ2) is 5.80. The van der Waals surface area contributed by atoms with E-state index in [0.717, 1.165) is 54.2 Å². The van der Waals surface area contributed by atoms with Crippen molar-refractivity contribution in [3.63, 3.8) is 0 Å². The normalized spacial score (nSPS) is 21.0. The predicted octanol–water partition coefficient (Wildman–Crippen LogP) is 2.47. The third-order valence-corrected chi connectivity index (χ3v) is 5.93. The quantitative estimate of drug-likeness (QED) is 0.723. The fraction of sp³-hybridized carbons (Fsp3) is 0.412. The van der Waals surface area contributed by atoms with Gasteiger partial charge in [0.1, 0.15) is 12.1 Å². The summed E-state index contributed by atoms with van der Waals surface area (Å²) in [7, 11) is 0. The molecule has 1 unspecified atom stereocenters. The van der Waals surface area contributed by atoms with E-state index in [0.29, 0.717) is 12.5 Å². The SMILES string of the molecule is O=C1CCCN1c1cnn(C2CCN(c3ncnc4ccsc34)C2)c1. The Labute approximate surface area is 148 Å². The van der Waals surface area contributed by atoms with E-state index in [2.05, 4.69) is 25.3 Å². The number of aromatic nitrogens is 4. The first kappa shape index (κ1) is 14.8. The van der Waals surface area contributed by atoms with Crippen molar-refractivity contribution in [2.75, 3.05) is 29.4 Å². The summed E-state index contributed by atoms with van der Waals surface area (Å²) in [6, 6.07) is 2.34. The minimum Gasteiger partial charge on any atom is -0.353 e. The molecule has 25 heavy (non-hydrogen) atoms. The number of fused-ring (bicyclic) bond motifs is 1. The number of nitrogens with zero attached hydrogens (tertiary/aromatic N) is 6. The van der Waals surface area contributed by atoms with Gasteiger partial charge in [-0.3, -0.25) is 9.48 Å². The lowest BCUT2D eigenvalue weighted by molar-refractivity contribution is -0.117. The molecular weight excluding hydrogens is 336 g/mol. The van der Waals surface area contributed by atoms with Gasteiger partial charge in [-0.15, -0.1) is 11.3 Å². The van der Waals surface area contributed by atoms with E-state index in [9.17, 15) is 4.79 Å². The van der Waals surface area contributed by atoms with Crippen LogP contribution in [0.15, 0.2) is 30.2 Å². The molecular formula is C17H18N6OS. The molecule has 0 bridgehead atoms. The van der Waals surface area contributed by atoms with Crippen molar-refractivity contribution in [3.8, 4) is 0 Å². The van der Waals surface area contributed by atoms with E-state index in [1.807, 2.05) is 28.0 Å². The third kappa shape index (κ3) is 2.48. The van der Waals surface area contributed by atoms with Crippen molar-refractivity contribution in [2.24, 2.45) is 0 Å². The van der Waals surface area contributed by atoms with Crippen LogP contribution in [0.25, 0.3) is 10.2 Å². The smallest absolute Gasteiger partial charge is 0.227 e. The van der Waals surface area contributed by atoms with Gasteiger partial charge in [-0.2, -0.15) is 5.10 Å². The monoisotopic (exact) mass is 354 g/mol. The molecule has 5 heterocycles. The molecule has 7 nitrogen and oxygen atoms in total. The Hall–Kier alpha value is -2.48. The summed E-state index contributed by atoms with van der Waals surface area (Å²) in [5.74, 6) is 1.22. The Morgan fingerprint density at radius 1 is 1.24 bits per heavy atom. The lowest BCUT2D eigenvalue weighted by Crippen LogP contribution is -2.23.